The van der Waals surface area contributed by atoms with Gasteiger partial charge < -0.3 is 5.32 Å². The zero-order valence-electron chi connectivity index (χ0n) is 6.03. The normalized spacial score (nSPS) is 13.3. The van der Waals surface area contributed by atoms with Crippen LogP contribution in [0.4, 0.5) is 8.78 Å². The number of carbonyl (C=O) groups excluding carboxylic acids is 1. The average molecular weight is 151 g/mol. The van der Waals surface area contributed by atoms with Crippen molar-refractivity contribution in [3.8, 4) is 0 Å². The van der Waals surface area contributed by atoms with Gasteiger partial charge in [0.1, 0.15) is 0 Å². The number of halogens is 2. The molecule has 0 aliphatic carbocycles. The molecule has 0 rings (SSSR count). The minimum atomic E-state index is -2.48. The molecule has 1 N–H and O–H groups in total. The summed E-state index contributed by atoms with van der Waals surface area (Å²) in [6.45, 7) is 2.89. The molecule has 0 heterocycles. The summed E-state index contributed by atoms with van der Waals surface area (Å²) in [6, 6.07) is -1.03. The fourth-order valence-electron chi connectivity index (χ4n) is 0.419. The van der Waals surface area contributed by atoms with Crippen LogP contribution in [-0.4, -0.2) is 18.4 Å². The maximum absolute atomic E-state index is 11.7. The van der Waals surface area contributed by atoms with Gasteiger partial charge in [0, 0.05) is 6.42 Å². The van der Waals surface area contributed by atoms with Crippen molar-refractivity contribution in [2.24, 2.45) is 0 Å². The molecule has 0 aromatic rings. The van der Waals surface area contributed by atoms with E-state index < -0.39 is 12.5 Å². The van der Waals surface area contributed by atoms with Crippen LogP contribution in [0, 0.1) is 0 Å². The summed E-state index contributed by atoms with van der Waals surface area (Å²) in [4.78, 5) is 10.5. The molecule has 0 aromatic heterocycles. The van der Waals surface area contributed by atoms with Gasteiger partial charge in [0.25, 0.3) is 6.43 Å². The molecule has 0 aliphatic rings. The molecule has 0 radical (unpaired) electrons. The fourth-order valence-corrected chi connectivity index (χ4v) is 0.419. The van der Waals surface area contributed by atoms with Crippen molar-refractivity contribution in [3.63, 3.8) is 0 Å². The number of carbonyl (C=O) groups is 1. The van der Waals surface area contributed by atoms with Gasteiger partial charge in [-0.15, -0.1) is 0 Å². The van der Waals surface area contributed by atoms with Crippen LogP contribution in [0.3, 0.4) is 0 Å². The molecule has 1 atom stereocenters. The lowest BCUT2D eigenvalue weighted by Gasteiger charge is -2.10. The fraction of sp³-hybridized carbons (Fsp3) is 0.833. The third-order valence-corrected chi connectivity index (χ3v) is 1.09. The number of hydrogen-bond donors (Lipinski definition) is 1. The lowest BCUT2D eigenvalue weighted by molar-refractivity contribution is -0.122. The Morgan fingerprint density at radius 3 is 2.40 bits per heavy atom. The van der Waals surface area contributed by atoms with E-state index in [1.165, 1.54) is 6.92 Å². The largest absolute Gasteiger partial charge is 0.348 e. The highest BCUT2D eigenvalue weighted by Gasteiger charge is 2.15. The van der Waals surface area contributed by atoms with Gasteiger partial charge in [-0.3, -0.25) is 4.79 Å². The number of amides is 1. The van der Waals surface area contributed by atoms with Gasteiger partial charge in [0.15, 0.2) is 0 Å². The van der Waals surface area contributed by atoms with Gasteiger partial charge in [0.2, 0.25) is 5.91 Å². The third kappa shape index (κ3) is 3.37. The molecule has 1 amide bonds. The number of hydrogen-bond acceptors (Lipinski definition) is 1. The zero-order valence-corrected chi connectivity index (χ0v) is 6.03. The van der Waals surface area contributed by atoms with Gasteiger partial charge in [0.05, 0.1) is 6.04 Å². The summed E-state index contributed by atoms with van der Waals surface area (Å²) >= 11 is 0. The molecule has 0 fully saturated rings. The van der Waals surface area contributed by atoms with E-state index >= 15 is 0 Å². The third-order valence-electron chi connectivity index (χ3n) is 1.09. The molecular formula is C6H11F2NO. The van der Waals surface area contributed by atoms with Crippen molar-refractivity contribution in [2.75, 3.05) is 0 Å². The van der Waals surface area contributed by atoms with Gasteiger partial charge in [-0.1, -0.05) is 6.92 Å². The lowest BCUT2D eigenvalue weighted by atomic mass is 10.3. The van der Waals surface area contributed by atoms with Crippen LogP contribution < -0.4 is 5.32 Å². The smallest absolute Gasteiger partial charge is 0.258 e. The van der Waals surface area contributed by atoms with Crippen LogP contribution in [0.15, 0.2) is 0 Å². The Morgan fingerprint density at radius 1 is 1.60 bits per heavy atom. The second-order valence-corrected chi connectivity index (χ2v) is 2.04. The Bertz CT molecular complexity index is 116. The van der Waals surface area contributed by atoms with E-state index in [1.807, 2.05) is 0 Å². The van der Waals surface area contributed by atoms with E-state index in [-0.39, 0.29) is 12.3 Å². The van der Waals surface area contributed by atoms with Crippen LogP contribution in [0.1, 0.15) is 20.3 Å². The van der Waals surface area contributed by atoms with Crippen molar-refractivity contribution in [2.45, 2.75) is 32.7 Å². The zero-order chi connectivity index (χ0) is 8.15. The van der Waals surface area contributed by atoms with Crippen molar-refractivity contribution >= 4 is 5.91 Å². The first-order chi connectivity index (χ1) is 4.57. The summed E-state index contributed by atoms with van der Waals surface area (Å²) < 4.78 is 23.4. The Kier molecular flexibility index (Phi) is 3.91. The molecule has 4 heteroatoms. The average Bonchev–Trinajstić information content (AvgIpc) is 1.87. The summed E-state index contributed by atoms with van der Waals surface area (Å²) in [5.41, 5.74) is 0. The molecule has 0 bridgehead atoms. The molecule has 0 aliphatic heterocycles. The maximum atomic E-state index is 11.7. The van der Waals surface area contributed by atoms with Crippen molar-refractivity contribution in [1.29, 1.82) is 0 Å². The van der Waals surface area contributed by atoms with E-state index in [4.69, 9.17) is 0 Å². The van der Waals surface area contributed by atoms with Crippen LogP contribution in [-0.2, 0) is 4.79 Å². The molecule has 0 spiro atoms. The highest BCUT2D eigenvalue weighted by molar-refractivity contribution is 5.75. The monoisotopic (exact) mass is 151 g/mol. The maximum Gasteiger partial charge on any atom is 0.258 e. The Hall–Kier alpha value is -0.670. The van der Waals surface area contributed by atoms with Gasteiger partial charge in [-0.05, 0) is 6.92 Å². The first-order valence-corrected chi connectivity index (χ1v) is 3.15. The molecule has 60 valence electrons. The molecule has 0 aromatic carbocycles. The minimum Gasteiger partial charge on any atom is -0.348 e. The van der Waals surface area contributed by atoms with E-state index in [0.29, 0.717) is 0 Å². The highest BCUT2D eigenvalue weighted by Crippen LogP contribution is 1.98. The van der Waals surface area contributed by atoms with E-state index in [2.05, 4.69) is 5.32 Å². The predicted molar refractivity (Wildman–Crippen MR) is 33.9 cm³/mol. The van der Waals surface area contributed by atoms with Crippen LogP contribution in [0.2, 0.25) is 0 Å². The van der Waals surface area contributed by atoms with Gasteiger partial charge in [-0.25, -0.2) is 8.78 Å². The van der Waals surface area contributed by atoms with E-state index in [0.717, 1.165) is 0 Å². The Balaban J connectivity index is 3.57. The summed E-state index contributed by atoms with van der Waals surface area (Å²) in [7, 11) is 0. The first kappa shape index (κ1) is 9.33. The number of nitrogens with one attached hydrogen (secondary N) is 1. The van der Waals surface area contributed by atoms with Crippen LogP contribution in [0.25, 0.3) is 0 Å². The molecule has 1 unspecified atom stereocenters. The van der Waals surface area contributed by atoms with Gasteiger partial charge in [-0.2, -0.15) is 0 Å². The van der Waals surface area contributed by atoms with Crippen molar-refractivity contribution < 1.29 is 13.6 Å². The summed E-state index contributed by atoms with van der Waals surface area (Å²) in [6.07, 6.45) is -2.23. The standard InChI is InChI=1S/C6H11F2NO/c1-3-5(10)9-4(2)6(7)8/h4,6H,3H2,1-2H3,(H,9,10). The van der Waals surface area contributed by atoms with Gasteiger partial charge >= 0.3 is 0 Å². The first-order valence-electron chi connectivity index (χ1n) is 3.15. The lowest BCUT2D eigenvalue weighted by Crippen LogP contribution is -2.36. The quantitative estimate of drug-likeness (QED) is 0.644. The van der Waals surface area contributed by atoms with Crippen molar-refractivity contribution in [3.05, 3.63) is 0 Å². The summed E-state index contributed by atoms with van der Waals surface area (Å²) in [5, 5.41) is 2.14. The topological polar surface area (TPSA) is 29.1 Å². The molecular weight excluding hydrogens is 140 g/mol. The highest BCUT2D eigenvalue weighted by atomic mass is 19.3. The Morgan fingerprint density at radius 2 is 2.10 bits per heavy atom. The predicted octanol–water partition coefficient (Wildman–Crippen LogP) is 1.17. The van der Waals surface area contributed by atoms with Crippen LogP contribution in [0.5, 0.6) is 0 Å². The number of rotatable bonds is 3. The van der Waals surface area contributed by atoms with Crippen molar-refractivity contribution in [1.82, 2.24) is 5.32 Å². The van der Waals surface area contributed by atoms with Crippen LogP contribution >= 0.6 is 0 Å². The summed E-state index contributed by atoms with van der Waals surface area (Å²) in [5.74, 6) is -0.340. The molecule has 2 nitrogen and oxygen atoms in total. The van der Waals surface area contributed by atoms with E-state index in [9.17, 15) is 13.6 Å². The number of alkyl halides is 2. The molecule has 0 saturated carbocycles. The van der Waals surface area contributed by atoms with E-state index in [1.54, 1.807) is 6.92 Å². The minimum absolute atomic E-state index is 0.247. The second-order valence-electron chi connectivity index (χ2n) is 2.04. The molecule has 10 heavy (non-hydrogen) atoms. The SMILES string of the molecule is CCC(=O)NC(C)C(F)F. The molecule has 0 saturated heterocycles. The Labute approximate surface area is 58.6 Å². The second kappa shape index (κ2) is 4.19.